The van der Waals surface area contributed by atoms with Gasteiger partial charge in [0.2, 0.25) is 5.95 Å². The Balaban J connectivity index is 2.06. The van der Waals surface area contributed by atoms with Gasteiger partial charge in [-0.15, -0.1) is 0 Å². The van der Waals surface area contributed by atoms with Crippen molar-refractivity contribution < 1.29 is 5.11 Å². The van der Waals surface area contributed by atoms with Gasteiger partial charge in [-0.3, -0.25) is 0 Å². The molecule has 96 valence electrons. The number of imidazole rings is 1. The van der Waals surface area contributed by atoms with Gasteiger partial charge < -0.3 is 15.4 Å². The van der Waals surface area contributed by atoms with Crippen molar-refractivity contribution in [1.82, 2.24) is 19.5 Å². The molecule has 2 aromatic heterocycles. The van der Waals surface area contributed by atoms with Crippen LogP contribution in [0.15, 0.2) is 6.33 Å². The maximum atomic E-state index is 9.74. The van der Waals surface area contributed by atoms with Gasteiger partial charge in [0.15, 0.2) is 10.8 Å². The van der Waals surface area contributed by atoms with Crippen LogP contribution >= 0.6 is 11.6 Å². The van der Waals surface area contributed by atoms with E-state index in [1.807, 2.05) is 4.57 Å². The van der Waals surface area contributed by atoms with Crippen LogP contribution in [0, 0.1) is 0 Å². The molecule has 0 spiro atoms. The first-order valence-electron chi connectivity index (χ1n) is 5.99. The monoisotopic (exact) mass is 267 g/mol. The second-order valence-electron chi connectivity index (χ2n) is 4.67. The lowest BCUT2D eigenvalue weighted by Gasteiger charge is -2.26. The van der Waals surface area contributed by atoms with Gasteiger partial charge in [0.1, 0.15) is 5.52 Å². The van der Waals surface area contributed by atoms with E-state index in [9.17, 15) is 5.11 Å². The number of nitrogens with zero attached hydrogens (tertiary/aromatic N) is 4. The summed E-state index contributed by atoms with van der Waals surface area (Å²) >= 11 is 5.99. The minimum absolute atomic E-state index is 0.144. The molecule has 0 aromatic carbocycles. The molecule has 0 bridgehead atoms. The third kappa shape index (κ3) is 1.91. The van der Waals surface area contributed by atoms with E-state index in [2.05, 4.69) is 15.0 Å². The van der Waals surface area contributed by atoms with Gasteiger partial charge >= 0.3 is 0 Å². The van der Waals surface area contributed by atoms with E-state index in [-0.39, 0.29) is 23.2 Å². The van der Waals surface area contributed by atoms with Crippen LogP contribution in [-0.4, -0.2) is 30.7 Å². The number of fused-ring (bicyclic) bond motifs is 1. The van der Waals surface area contributed by atoms with Gasteiger partial charge in [0.05, 0.1) is 12.4 Å². The standard InChI is InChI=1S/C11H14ClN5O/c12-9-8-10(16-11(13)15-9)17(5-14-8)6-2-1-3-7(18)4-6/h5-7,18H,1-4H2,(H2,13,15,16)/t6-,7-/m1/s1. The van der Waals surface area contributed by atoms with E-state index in [1.54, 1.807) is 6.33 Å². The van der Waals surface area contributed by atoms with E-state index in [1.165, 1.54) is 0 Å². The molecule has 1 aliphatic rings. The highest BCUT2D eigenvalue weighted by Crippen LogP contribution is 2.31. The maximum Gasteiger partial charge on any atom is 0.223 e. The van der Waals surface area contributed by atoms with Gasteiger partial charge in [0.25, 0.3) is 0 Å². The number of anilines is 1. The summed E-state index contributed by atoms with van der Waals surface area (Å²) in [4.78, 5) is 12.3. The van der Waals surface area contributed by atoms with Crippen molar-refractivity contribution in [1.29, 1.82) is 0 Å². The van der Waals surface area contributed by atoms with Crippen LogP contribution in [0.25, 0.3) is 11.2 Å². The lowest BCUT2D eigenvalue weighted by atomic mass is 9.93. The van der Waals surface area contributed by atoms with Crippen molar-refractivity contribution >= 4 is 28.7 Å². The number of halogens is 1. The Bertz CT molecular complexity index is 584. The Hall–Kier alpha value is -1.40. The molecule has 2 aromatic rings. The van der Waals surface area contributed by atoms with E-state index in [4.69, 9.17) is 17.3 Å². The summed E-state index contributed by atoms with van der Waals surface area (Å²) in [5.74, 6) is 0.144. The average molecular weight is 268 g/mol. The molecule has 0 aliphatic heterocycles. The Morgan fingerprint density at radius 1 is 1.39 bits per heavy atom. The Kier molecular flexibility index (Phi) is 2.83. The van der Waals surface area contributed by atoms with Crippen molar-refractivity contribution in [3.63, 3.8) is 0 Å². The summed E-state index contributed by atoms with van der Waals surface area (Å²) in [5, 5.41) is 10.0. The molecule has 2 atom stereocenters. The molecule has 0 unspecified atom stereocenters. The number of hydrogen-bond donors (Lipinski definition) is 2. The normalized spacial score (nSPS) is 24.6. The number of aliphatic hydroxyl groups excluding tert-OH is 1. The van der Waals surface area contributed by atoms with E-state index < -0.39 is 0 Å². The first kappa shape index (κ1) is 11.7. The number of aromatic nitrogens is 4. The molecule has 18 heavy (non-hydrogen) atoms. The van der Waals surface area contributed by atoms with Crippen molar-refractivity contribution in [2.75, 3.05) is 5.73 Å². The molecule has 6 nitrogen and oxygen atoms in total. The lowest BCUT2D eigenvalue weighted by molar-refractivity contribution is 0.105. The summed E-state index contributed by atoms with van der Waals surface area (Å²) in [5.41, 5.74) is 6.82. The number of rotatable bonds is 1. The zero-order chi connectivity index (χ0) is 12.7. The predicted molar refractivity (Wildman–Crippen MR) is 68.3 cm³/mol. The summed E-state index contributed by atoms with van der Waals surface area (Å²) < 4.78 is 1.95. The van der Waals surface area contributed by atoms with Crippen LogP contribution < -0.4 is 5.73 Å². The van der Waals surface area contributed by atoms with Crippen molar-refractivity contribution in [2.24, 2.45) is 0 Å². The van der Waals surface area contributed by atoms with Crippen LogP contribution in [0.1, 0.15) is 31.7 Å². The molecule has 2 heterocycles. The summed E-state index contributed by atoms with van der Waals surface area (Å²) in [7, 11) is 0. The van der Waals surface area contributed by atoms with Crippen molar-refractivity contribution in [3.05, 3.63) is 11.5 Å². The molecular weight excluding hydrogens is 254 g/mol. The second kappa shape index (κ2) is 4.37. The van der Waals surface area contributed by atoms with Crippen LogP contribution in [0.2, 0.25) is 5.15 Å². The van der Waals surface area contributed by atoms with E-state index in [0.717, 1.165) is 19.3 Å². The van der Waals surface area contributed by atoms with Gasteiger partial charge in [-0.1, -0.05) is 11.6 Å². The van der Waals surface area contributed by atoms with Gasteiger partial charge in [-0.25, -0.2) is 4.98 Å². The van der Waals surface area contributed by atoms with Crippen molar-refractivity contribution in [3.8, 4) is 0 Å². The Labute approximate surface area is 109 Å². The fourth-order valence-electron chi connectivity index (χ4n) is 2.56. The average Bonchev–Trinajstić information content (AvgIpc) is 2.72. The highest BCUT2D eigenvalue weighted by atomic mass is 35.5. The molecule has 7 heteroatoms. The van der Waals surface area contributed by atoms with Crippen LogP contribution in [0.3, 0.4) is 0 Å². The number of aliphatic hydroxyl groups is 1. The molecular formula is C11H14ClN5O. The zero-order valence-corrected chi connectivity index (χ0v) is 10.5. The quantitative estimate of drug-likeness (QED) is 0.765. The highest BCUT2D eigenvalue weighted by Gasteiger charge is 2.24. The minimum atomic E-state index is -0.254. The number of hydrogen-bond acceptors (Lipinski definition) is 5. The Morgan fingerprint density at radius 2 is 2.22 bits per heavy atom. The SMILES string of the molecule is Nc1nc(Cl)c2ncn([C@@H]3CCC[C@@H](O)C3)c2n1. The molecule has 3 N–H and O–H groups in total. The highest BCUT2D eigenvalue weighted by molar-refractivity contribution is 6.33. The smallest absolute Gasteiger partial charge is 0.223 e. The zero-order valence-electron chi connectivity index (χ0n) is 9.75. The molecule has 0 radical (unpaired) electrons. The van der Waals surface area contributed by atoms with Gasteiger partial charge in [0, 0.05) is 6.04 Å². The molecule has 1 fully saturated rings. The van der Waals surface area contributed by atoms with Crippen LogP contribution in [-0.2, 0) is 0 Å². The predicted octanol–water partition coefficient (Wildman–Crippen LogP) is 1.54. The summed E-state index contributed by atoms with van der Waals surface area (Å²) in [6, 6.07) is 0.198. The largest absolute Gasteiger partial charge is 0.393 e. The Morgan fingerprint density at radius 3 is 3.00 bits per heavy atom. The minimum Gasteiger partial charge on any atom is -0.393 e. The first-order valence-corrected chi connectivity index (χ1v) is 6.36. The van der Waals surface area contributed by atoms with Crippen LogP contribution in [0.5, 0.6) is 0 Å². The van der Waals surface area contributed by atoms with Crippen LogP contribution in [0.4, 0.5) is 5.95 Å². The molecule has 1 aliphatic carbocycles. The third-order valence-electron chi connectivity index (χ3n) is 3.41. The third-order valence-corrected chi connectivity index (χ3v) is 3.67. The lowest BCUT2D eigenvalue weighted by Crippen LogP contribution is -2.22. The topological polar surface area (TPSA) is 89.8 Å². The second-order valence-corrected chi connectivity index (χ2v) is 5.03. The van der Waals surface area contributed by atoms with E-state index >= 15 is 0 Å². The van der Waals surface area contributed by atoms with Gasteiger partial charge in [-0.05, 0) is 25.7 Å². The molecule has 1 saturated carbocycles. The first-order chi connectivity index (χ1) is 8.65. The summed E-state index contributed by atoms with van der Waals surface area (Å²) in [6.45, 7) is 0. The fourth-order valence-corrected chi connectivity index (χ4v) is 2.78. The van der Waals surface area contributed by atoms with Gasteiger partial charge in [-0.2, -0.15) is 9.97 Å². The molecule has 0 saturated heterocycles. The van der Waals surface area contributed by atoms with E-state index in [0.29, 0.717) is 17.6 Å². The summed E-state index contributed by atoms with van der Waals surface area (Å²) in [6.07, 6.45) is 5.03. The maximum absolute atomic E-state index is 9.74. The van der Waals surface area contributed by atoms with Crippen molar-refractivity contribution in [2.45, 2.75) is 37.8 Å². The molecule has 3 rings (SSSR count). The molecule has 0 amide bonds. The fraction of sp³-hybridized carbons (Fsp3) is 0.545. The number of nitrogens with two attached hydrogens (primary N) is 1. The number of nitrogen functional groups attached to an aromatic ring is 1.